The van der Waals surface area contributed by atoms with Crippen LogP contribution in [0.2, 0.25) is 5.02 Å². The van der Waals surface area contributed by atoms with Crippen molar-refractivity contribution in [2.24, 2.45) is 0 Å². The van der Waals surface area contributed by atoms with E-state index in [1.165, 1.54) is 26.2 Å². The second kappa shape index (κ2) is 7.63. The van der Waals surface area contributed by atoms with E-state index >= 15 is 0 Å². The molecular weight excluding hydrogens is 372 g/mol. The van der Waals surface area contributed by atoms with Crippen molar-refractivity contribution in [1.82, 2.24) is 0 Å². The number of ether oxygens (including phenoxy) is 2. The van der Waals surface area contributed by atoms with Gasteiger partial charge in [-0.15, -0.1) is 0 Å². The minimum Gasteiger partial charge on any atom is -0.497 e. The topological polar surface area (TPSA) is 82.8 Å². The lowest BCUT2D eigenvalue weighted by molar-refractivity contribution is 0.0315. The Morgan fingerprint density at radius 3 is 2.59 bits per heavy atom. The Labute approximate surface area is 159 Å². The van der Waals surface area contributed by atoms with Gasteiger partial charge in [-0.1, -0.05) is 23.7 Å². The molecule has 6 nitrogen and oxygen atoms in total. The molecule has 0 saturated heterocycles. The van der Waals surface area contributed by atoms with Crippen LogP contribution in [-0.2, 0) is 4.74 Å². The van der Waals surface area contributed by atoms with Gasteiger partial charge in [0.15, 0.2) is 6.10 Å². The van der Waals surface area contributed by atoms with Gasteiger partial charge in [0, 0.05) is 16.0 Å². The molecule has 0 amide bonds. The van der Waals surface area contributed by atoms with Gasteiger partial charge in [0.2, 0.25) is 5.78 Å². The molecule has 2 aromatic carbocycles. The van der Waals surface area contributed by atoms with Crippen LogP contribution in [0, 0.1) is 0 Å². The second-order valence-corrected chi connectivity index (χ2v) is 6.21. The fourth-order valence-electron chi connectivity index (χ4n) is 2.52. The highest BCUT2D eigenvalue weighted by Crippen LogP contribution is 2.21. The highest BCUT2D eigenvalue weighted by Gasteiger charge is 2.23. The first-order valence-electron chi connectivity index (χ1n) is 8.01. The number of methoxy groups -OCH3 is 1. The van der Waals surface area contributed by atoms with Gasteiger partial charge in [0.25, 0.3) is 0 Å². The molecule has 0 aliphatic heterocycles. The van der Waals surface area contributed by atoms with Crippen molar-refractivity contribution in [3.8, 4) is 5.75 Å². The molecule has 7 heteroatoms. The summed E-state index contributed by atoms with van der Waals surface area (Å²) in [4.78, 5) is 36.9. The molecule has 1 heterocycles. The van der Waals surface area contributed by atoms with Gasteiger partial charge in [-0.25, -0.2) is 9.59 Å². The summed E-state index contributed by atoms with van der Waals surface area (Å²) >= 11 is 5.87. The molecule has 0 saturated carbocycles. The van der Waals surface area contributed by atoms with E-state index < -0.39 is 23.5 Å². The Balaban J connectivity index is 1.85. The molecule has 0 aliphatic rings. The number of carbonyl (C=O) groups excluding carboxylic acids is 2. The second-order valence-electron chi connectivity index (χ2n) is 5.77. The van der Waals surface area contributed by atoms with Gasteiger partial charge in [-0.3, -0.25) is 4.79 Å². The highest BCUT2D eigenvalue weighted by molar-refractivity contribution is 6.31. The maximum absolute atomic E-state index is 12.4. The zero-order chi connectivity index (χ0) is 19.6. The average molecular weight is 387 g/mol. The Hall–Kier alpha value is -3.12. The maximum Gasteiger partial charge on any atom is 0.351 e. The van der Waals surface area contributed by atoms with Crippen LogP contribution < -0.4 is 10.4 Å². The van der Waals surface area contributed by atoms with E-state index in [1.807, 2.05) is 0 Å². The van der Waals surface area contributed by atoms with Crippen molar-refractivity contribution >= 4 is 34.3 Å². The zero-order valence-corrected chi connectivity index (χ0v) is 15.3. The number of hydrogen-bond donors (Lipinski definition) is 0. The molecule has 0 N–H and O–H groups in total. The molecule has 1 atom stereocenters. The summed E-state index contributed by atoms with van der Waals surface area (Å²) in [6, 6.07) is 12.5. The van der Waals surface area contributed by atoms with E-state index in [4.69, 9.17) is 25.5 Å². The van der Waals surface area contributed by atoms with Crippen LogP contribution in [0.1, 0.15) is 27.6 Å². The third-order valence-electron chi connectivity index (χ3n) is 3.92. The van der Waals surface area contributed by atoms with Crippen LogP contribution in [0.4, 0.5) is 0 Å². The first kappa shape index (κ1) is 18.7. The number of esters is 1. The van der Waals surface area contributed by atoms with Crippen LogP contribution in [0.25, 0.3) is 11.0 Å². The first-order chi connectivity index (χ1) is 12.9. The lowest BCUT2D eigenvalue weighted by Crippen LogP contribution is -2.27. The van der Waals surface area contributed by atoms with Crippen molar-refractivity contribution in [3.63, 3.8) is 0 Å². The molecular formula is C20H15ClO6. The SMILES string of the molecule is COc1ccc2oc(=O)c(C(=O)OC(C)C(=O)c3cccc(Cl)c3)cc2c1. The summed E-state index contributed by atoms with van der Waals surface area (Å²) in [6.07, 6.45) is -1.10. The van der Waals surface area contributed by atoms with E-state index in [1.54, 1.807) is 36.4 Å². The van der Waals surface area contributed by atoms with Gasteiger partial charge in [-0.05, 0) is 43.3 Å². The Morgan fingerprint density at radius 1 is 1.11 bits per heavy atom. The van der Waals surface area contributed by atoms with Crippen LogP contribution in [0.3, 0.4) is 0 Å². The van der Waals surface area contributed by atoms with Gasteiger partial charge in [0.05, 0.1) is 7.11 Å². The van der Waals surface area contributed by atoms with Crippen LogP contribution >= 0.6 is 11.6 Å². The predicted molar refractivity (Wildman–Crippen MR) is 99.7 cm³/mol. The van der Waals surface area contributed by atoms with Crippen molar-refractivity contribution in [3.05, 3.63) is 75.1 Å². The van der Waals surface area contributed by atoms with Gasteiger partial charge in [0.1, 0.15) is 16.9 Å². The van der Waals surface area contributed by atoms with E-state index in [0.717, 1.165) is 0 Å². The monoisotopic (exact) mass is 386 g/mol. The third kappa shape index (κ3) is 4.01. The maximum atomic E-state index is 12.4. The number of rotatable bonds is 5. The highest BCUT2D eigenvalue weighted by atomic mass is 35.5. The van der Waals surface area contributed by atoms with Crippen molar-refractivity contribution in [1.29, 1.82) is 0 Å². The van der Waals surface area contributed by atoms with E-state index in [-0.39, 0.29) is 5.56 Å². The normalized spacial score (nSPS) is 11.8. The summed E-state index contributed by atoms with van der Waals surface area (Å²) in [5.41, 5.74) is -0.542. The summed E-state index contributed by atoms with van der Waals surface area (Å²) in [5.74, 6) is -0.839. The first-order valence-corrected chi connectivity index (χ1v) is 8.39. The molecule has 3 aromatic rings. The van der Waals surface area contributed by atoms with Crippen molar-refractivity contribution in [2.75, 3.05) is 7.11 Å². The predicted octanol–water partition coefficient (Wildman–Crippen LogP) is 3.88. The quantitative estimate of drug-likeness (QED) is 0.376. The summed E-state index contributed by atoms with van der Waals surface area (Å²) in [5, 5.41) is 0.887. The lowest BCUT2D eigenvalue weighted by Gasteiger charge is -2.12. The van der Waals surface area contributed by atoms with Crippen LogP contribution in [0.5, 0.6) is 5.75 Å². The number of hydrogen-bond acceptors (Lipinski definition) is 6. The molecule has 0 spiro atoms. The molecule has 27 heavy (non-hydrogen) atoms. The molecule has 1 aromatic heterocycles. The smallest absolute Gasteiger partial charge is 0.351 e. The van der Waals surface area contributed by atoms with Crippen molar-refractivity contribution in [2.45, 2.75) is 13.0 Å². The number of carbonyl (C=O) groups is 2. The minimum absolute atomic E-state index is 0.304. The summed E-state index contributed by atoms with van der Waals surface area (Å²) in [7, 11) is 1.50. The fraction of sp³-hybridized carbons (Fsp3) is 0.150. The van der Waals surface area contributed by atoms with E-state index in [2.05, 4.69) is 0 Å². The molecule has 138 valence electrons. The van der Waals surface area contributed by atoms with Gasteiger partial charge >= 0.3 is 11.6 Å². The van der Waals surface area contributed by atoms with Crippen LogP contribution in [0.15, 0.2) is 57.7 Å². The van der Waals surface area contributed by atoms with Gasteiger partial charge < -0.3 is 13.9 Å². The number of Topliss-reactive ketones (excluding diaryl/α,β-unsaturated/α-hetero) is 1. The molecule has 0 radical (unpaired) electrons. The number of ketones is 1. The van der Waals surface area contributed by atoms with Gasteiger partial charge in [-0.2, -0.15) is 0 Å². The third-order valence-corrected chi connectivity index (χ3v) is 4.16. The standard InChI is InChI=1S/C20H15ClO6/c1-11(18(22)12-4-3-5-14(21)8-12)26-19(23)16-10-13-9-15(25-2)6-7-17(13)27-20(16)24/h3-11H,1-2H3. The lowest BCUT2D eigenvalue weighted by atomic mass is 10.1. The van der Waals surface area contributed by atoms with E-state index in [9.17, 15) is 14.4 Å². The zero-order valence-electron chi connectivity index (χ0n) is 14.5. The number of fused-ring (bicyclic) bond motifs is 1. The molecule has 0 aliphatic carbocycles. The Kier molecular flexibility index (Phi) is 5.28. The largest absolute Gasteiger partial charge is 0.497 e. The number of halogens is 1. The summed E-state index contributed by atoms with van der Waals surface area (Å²) < 4.78 is 15.4. The average Bonchev–Trinajstić information content (AvgIpc) is 2.66. The Bertz CT molecular complexity index is 1090. The van der Waals surface area contributed by atoms with E-state index in [0.29, 0.717) is 27.3 Å². The Morgan fingerprint density at radius 2 is 1.89 bits per heavy atom. The van der Waals surface area contributed by atoms with Crippen LogP contribution in [-0.4, -0.2) is 25.0 Å². The molecule has 3 rings (SSSR count). The molecule has 0 fully saturated rings. The van der Waals surface area contributed by atoms with Crippen molar-refractivity contribution < 1.29 is 23.5 Å². The summed E-state index contributed by atoms with van der Waals surface area (Å²) in [6.45, 7) is 1.42. The molecule has 1 unspecified atom stereocenters. The fourth-order valence-corrected chi connectivity index (χ4v) is 2.72. The molecule has 0 bridgehead atoms. The number of benzene rings is 2. The minimum atomic E-state index is -1.10.